The Morgan fingerprint density at radius 3 is 2.67 bits per heavy atom. The zero-order valence-corrected chi connectivity index (χ0v) is 11.4. The number of halogens is 3. The number of anilines is 1. The third kappa shape index (κ3) is 3.18. The first-order chi connectivity index (χ1) is 9.84. The van der Waals surface area contributed by atoms with Gasteiger partial charge >= 0.3 is 6.18 Å². The lowest BCUT2D eigenvalue weighted by Gasteiger charge is -2.17. The highest BCUT2D eigenvalue weighted by atomic mass is 19.4. The van der Waals surface area contributed by atoms with Gasteiger partial charge in [-0.05, 0) is 30.7 Å². The van der Waals surface area contributed by atoms with Crippen LogP contribution in [-0.4, -0.2) is 14.9 Å². The number of hydrogen-bond acceptors (Lipinski definition) is 3. The van der Waals surface area contributed by atoms with Crippen molar-refractivity contribution in [1.29, 1.82) is 0 Å². The van der Waals surface area contributed by atoms with E-state index in [4.69, 9.17) is 5.73 Å². The van der Waals surface area contributed by atoms with Crippen molar-refractivity contribution >= 4 is 5.69 Å². The van der Waals surface area contributed by atoms with Gasteiger partial charge in [0, 0.05) is 24.0 Å². The van der Waals surface area contributed by atoms with Gasteiger partial charge in [0.05, 0.1) is 11.3 Å². The zero-order chi connectivity index (χ0) is 15.6. The summed E-state index contributed by atoms with van der Waals surface area (Å²) in [6.07, 6.45) is -3.44. The van der Waals surface area contributed by atoms with E-state index in [-0.39, 0.29) is 11.3 Å². The van der Waals surface area contributed by atoms with E-state index in [1.807, 2.05) is 6.92 Å². The molecule has 0 aliphatic heterocycles. The highest BCUT2D eigenvalue weighted by molar-refractivity contribution is 5.52. The van der Waals surface area contributed by atoms with Crippen molar-refractivity contribution in [3.05, 3.63) is 47.3 Å². The van der Waals surface area contributed by atoms with E-state index in [0.717, 1.165) is 24.6 Å². The van der Waals surface area contributed by atoms with Crippen molar-refractivity contribution in [3.8, 4) is 0 Å². The van der Waals surface area contributed by atoms with Gasteiger partial charge in [-0.1, -0.05) is 6.92 Å². The van der Waals surface area contributed by atoms with Gasteiger partial charge in [0.15, 0.2) is 0 Å². The van der Waals surface area contributed by atoms with Crippen LogP contribution in [-0.2, 0) is 12.7 Å². The SMILES string of the molecule is CCCn1nccc1C(O)c1cc(C(F)(F)F)ccc1N. The van der Waals surface area contributed by atoms with Crippen molar-refractivity contribution in [2.75, 3.05) is 5.73 Å². The number of aryl methyl sites for hydroxylation is 1. The van der Waals surface area contributed by atoms with Crippen LogP contribution < -0.4 is 5.73 Å². The second kappa shape index (κ2) is 5.77. The van der Waals surface area contributed by atoms with Gasteiger partial charge in [-0.15, -0.1) is 0 Å². The maximum Gasteiger partial charge on any atom is 0.416 e. The Morgan fingerprint density at radius 1 is 1.33 bits per heavy atom. The molecule has 4 nitrogen and oxygen atoms in total. The summed E-state index contributed by atoms with van der Waals surface area (Å²) >= 11 is 0. The molecule has 7 heteroatoms. The summed E-state index contributed by atoms with van der Waals surface area (Å²) in [5.41, 5.74) is 5.43. The first-order valence-corrected chi connectivity index (χ1v) is 6.51. The Bertz CT molecular complexity index is 622. The molecule has 0 amide bonds. The smallest absolute Gasteiger partial charge is 0.398 e. The molecular formula is C14H16F3N3O. The molecule has 0 spiro atoms. The topological polar surface area (TPSA) is 64.1 Å². The Balaban J connectivity index is 2.43. The molecule has 0 fully saturated rings. The van der Waals surface area contributed by atoms with Crippen LogP contribution in [0.3, 0.4) is 0 Å². The minimum Gasteiger partial charge on any atom is -0.398 e. The fourth-order valence-corrected chi connectivity index (χ4v) is 2.12. The maximum atomic E-state index is 12.8. The van der Waals surface area contributed by atoms with Gasteiger partial charge in [0.1, 0.15) is 6.10 Å². The van der Waals surface area contributed by atoms with Crippen LogP contribution in [0.1, 0.15) is 36.3 Å². The Morgan fingerprint density at radius 2 is 2.05 bits per heavy atom. The van der Waals surface area contributed by atoms with E-state index in [0.29, 0.717) is 12.2 Å². The van der Waals surface area contributed by atoms with Crippen molar-refractivity contribution in [2.24, 2.45) is 0 Å². The van der Waals surface area contributed by atoms with E-state index < -0.39 is 17.8 Å². The van der Waals surface area contributed by atoms with E-state index in [9.17, 15) is 18.3 Å². The van der Waals surface area contributed by atoms with E-state index in [1.165, 1.54) is 6.20 Å². The van der Waals surface area contributed by atoms with Crippen LogP contribution in [0.4, 0.5) is 18.9 Å². The quantitative estimate of drug-likeness (QED) is 0.853. The summed E-state index contributed by atoms with van der Waals surface area (Å²) in [7, 11) is 0. The maximum absolute atomic E-state index is 12.8. The van der Waals surface area contributed by atoms with Gasteiger partial charge in [-0.3, -0.25) is 4.68 Å². The van der Waals surface area contributed by atoms with Crippen molar-refractivity contribution < 1.29 is 18.3 Å². The molecule has 0 radical (unpaired) electrons. The Kier molecular flexibility index (Phi) is 4.22. The standard InChI is InChI=1S/C14H16F3N3O/c1-2-7-20-12(5-6-19-20)13(21)10-8-9(14(15,16)17)3-4-11(10)18/h3-6,8,13,21H,2,7,18H2,1H3. The lowest BCUT2D eigenvalue weighted by molar-refractivity contribution is -0.137. The summed E-state index contributed by atoms with van der Waals surface area (Å²) in [4.78, 5) is 0. The van der Waals surface area contributed by atoms with Crippen LogP contribution in [0.2, 0.25) is 0 Å². The van der Waals surface area contributed by atoms with Crippen molar-refractivity contribution in [2.45, 2.75) is 32.2 Å². The zero-order valence-electron chi connectivity index (χ0n) is 11.4. The first kappa shape index (κ1) is 15.4. The van der Waals surface area contributed by atoms with Crippen molar-refractivity contribution in [1.82, 2.24) is 9.78 Å². The molecule has 1 aromatic carbocycles. The lowest BCUT2D eigenvalue weighted by atomic mass is 10.0. The number of nitrogens with zero attached hydrogens (tertiary/aromatic N) is 2. The molecule has 114 valence electrons. The Labute approximate surface area is 120 Å². The fraction of sp³-hybridized carbons (Fsp3) is 0.357. The summed E-state index contributed by atoms with van der Waals surface area (Å²) in [5.74, 6) is 0. The number of aromatic nitrogens is 2. The summed E-state index contributed by atoms with van der Waals surface area (Å²) in [5, 5.41) is 14.4. The second-order valence-corrected chi connectivity index (χ2v) is 4.72. The average Bonchev–Trinajstić information content (AvgIpc) is 2.86. The second-order valence-electron chi connectivity index (χ2n) is 4.72. The minimum absolute atomic E-state index is 0.0303. The predicted molar refractivity (Wildman–Crippen MR) is 72.4 cm³/mol. The highest BCUT2D eigenvalue weighted by Gasteiger charge is 2.32. The molecule has 2 aromatic rings. The van der Waals surface area contributed by atoms with E-state index >= 15 is 0 Å². The highest BCUT2D eigenvalue weighted by Crippen LogP contribution is 2.34. The lowest BCUT2D eigenvalue weighted by Crippen LogP contribution is -2.13. The molecule has 3 N–H and O–H groups in total. The van der Waals surface area contributed by atoms with Gasteiger partial charge in [0.2, 0.25) is 0 Å². The summed E-state index contributed by atoms with van der Waals surface area (Å²) in [6, 6.07) is 4.50. The van der Waals surface area contributed by atoms with Gasteiger partial charge in [-0.2, -0.15) is 18.3 Å². The largest absolute Gasteiger partial charge is 0.416 e. The molecule has 2 rings (SSSR count). The molecule has 0 saturated heterocycles. The third-order valence-corrected chi connectivity index (χ3v) is 3.17. The molecule has 1 atom stereocenters. The number of nitrogen functional groups attached to an aromatic ring is 1. The number of aliphatic hydroxyl groups is 1. The van der Waals surface area contributed by atoms with Gasteiger partial charge in [0.25, 0.3) is 0 Å². The molecule has 0 saturated carbocycles. The minimum atomic E-state index is -4.48. The van der Waals surface area contributed by atoms with Crippen LogP contribution >= 0.6 is 0 Å². The monoisotopic (exact) mass is 299 g/mol. The molecule has 0 bridgehead atoms. The third-order valence-electron chi connectivity index (χ3n) is 3.17. The van der Waals surface area contributed by atoms with Gasteiger partial charge < -0.3 is 10.8 Å². The number of alkyl halides is 3. The average molecular weight is 299 g/mol. The molecule has 21 heavy (non-hydrogen) atoms. The van der Waals surface area contributed by atoms with Crippen LogP contribution in [0, 0.1) is 0 Å². The molecule has 0 aliphatic rings. The summed E-state index contributed by atoms with van der Waals surface area (Å²) in [6.45, 7) is 2.51. The molecule has 1 aromatic heterocycles. The molecule has 1 unspecified atom stereocenters. The van der Waals surface area contributed by atoms with Crippen LogP contribution in [0.25, 0.3) is 0 Å². The number of aliphatic hydroxyl groups excluding tert-OH is 1. The summed E-state index contributed by atoms with van der Waals surface area (Å²) < 4.78 is 39.9. The fourth-order valence-electron chi connectivity index (χ4n) is 2.12. The molecule has 0 aliphatic carbocycles. The predicted octanol–water partition coefficient (Wildman–Crippen LogP) is 2.98. The van der Waals surface area contributed by atoms with Crippen LogP contribution in [0.15, 0.2) is 30.5 Å². The number of hydrogen-bond donors (Lipinski definition) is 2. The molecular weight excluding hydrogens is 283 g/mol. The van der Waals surface area contributed by atoms with Gasteiger partial charge in [-0.25, -0.2) is 0 Å². The normalized spacial score (nSPS) is 13.4. The molecule has 1 heterocycles. The number of benzene rings is 1. The van der Waals surface area contributed by atoms with Crippen LogP contribution in [0.5, 0.6) is 0 Å². The number of nitrogens with two attached hydrogens (primary N) is 1. The Hall–Kier alpha value is -2.02. The van der Waals surface area contributed by atoms with Crippen molar-refractivity contribution in [3.63, 3.8) is 0 Å². The van der Waals surface area contributed by atoms with E-state index in [1.54, 1.807) is 10.7 Å². The first-order valence-electron chi connectivity index (χ1n) is 6.51. The number of rotatable bonds is 4. The van der Waals surface area contributed by atoms with E-state index in [2.05, 4.69) is 5.10 Å².